The summed E-state index contributed by atoms with van der Waals surface area (Å²) in [5.74, 6) is 0.735. The van der Waals surface area contributed by atoms with E-state index in [0.717, 1.165) is 22.4 Å². The molecule has 0 aliphatic heterocycles. The Morgan fingerprint density at radius 2 is 1.93 bits per heavy atom. The molecule has 0 saturated carbocycles. The van der Waals surface area contributed by atoms with Crippen molar-refractivity contribution in [2.24, 2.45) is 5.73 Å². The quantitative estimate of drug-likeness (QED) is 0.793. The molecule has 1 aromatic carbocycles. The predicted octanol–water partition coefficient (Wildman–Crippen LogP) is 1.69. The third-order valence-corrected chi connectivity index (χ3v) is 2.65. The van der Waals surface area contributed by atoms with E-state index in [9.17, 15) is 5.11 Å². The molecule has 0 unspecified atom stereocenters. The van der Waals surface area contributed by atoms with Gasteiger partial charge in [-0.25, -0.2) is 0 Å². The molecule has 1 atom stereocenters. The second kappa shape index (κ2) is 5.14. The molecule has 0 bridgehead atoms. The van der Waals surface area contributed by atoms with Crippen LogP contribution >= 0.6 is 0 Å². The lowest BCUT2D eigenvalue weighted by molar-refractivity contribution is 0.166. The number of aliphatic hydroxyl groups is 1. The third kappa shape index (κ3) is 2.70. The fourth-order valence-electron chi connectivity index (χ4n) is 1.56. The van der Waals surface area contributed by atoms with Gasteiger partial charge in [0.25, 0.3) is 0 Å². The highest BCUT2D eigenvalue weighted by molar-refractivity contribution is 5.42. The van der Waals surface area contributed by atoms with Crippen molar-refractivity contribution >= 4 is 0 Å². The Kier molecular flexibility index (Phi) is 4.12. The summed E-state index contributed by atoms with van der Waals surface area (Å²) >= 11 is 0. The Hall–Kier alpha value is -1.06. The molecule has 0 heterocycles. The monoisotopic (exact) mass is 209 g/mol. The summed E-state index contributed by atoms with van der Waals surface area (Å²) < 4.78 is 5.25. The van der Waals surface area contributed by atoms with Gasteiger partial charge in [0.2, 0.25) is 0 Å². The van der Waals surface area contributed by atoms with Gasteiger partial charge in [-0.15, -0.1) is 0 Å². The van der Waals surface area contributed by atoms with E-state index >= 15 is 0 Å². The fraction of sp³-hybridized carbons (Fsp3) is 0.500. The lowest BCUT2D eigenvalue weighted by Gasteiger charge is -2.16. The molecule has 84 valence electrons. The molecule has 0 saturated heterocycles. The molecule has 3 heteroatoms. The Morgan fingerprint density at radius 1 is 1.33 bits per heavy atom. The van der Waals surface area contributed by atoms with Gasteiger partial charge in [0.05, 0.1) is 13.2 Å². The van der Waals surface area contributed by atoms with Crippen molar-refractivity contribution in [3.8, 4) is 5.75 Å². The van der Waals surface area contributed by atoms with Crippen LogP contribution in [0.1, 0.15) is 29.2 Å². The SMILES string of the molecule is COc1cc(C)c(C)cc1[C@H](O)CCN. The minimum Gasteiger partial charge on any atom is -0.496 e. The van der Waals surface area contributed by atoms with Crippen molar-refractivity contribution in [1.82, 2.24) is 0 Å². The van der Waals surface area contributed by atoms with Crippen LogP contribution in [0.25, 0.3) is 0 Å². The summed E-state index contributed by atoms with van der Waals surface area (Å²) in [7, 11) is 1.61. The summed E-state index contributed by atoms with van der Waals surface area (Å²) in [4.78, 5) is 0. The number of hydrogen-bond donors (Lipinski definition) is 2. The molecule has 0 amide bonds. The largest absolute Gasteiger partial charge is 0.496 e. The molecular weight excluding hydrogens is 190 g/mol. The summed E-state index contributed by atoms with van der Waals surface area (Å²) in [6, 6.07) is 3.92. The molecular formula is C12H19NO2. The average Bonchev–Trinajstić information content (AvgIpc) is 2.21. The van der Waals surface area contributed by atoms with Crippen LogP contribution < -0.4 is 10.5 Å². The van der Waals surface area contributed by atoms with E-state index in [1.165, 1.54) is 0 Å². The smallest absolute Gasteiger partial charge is 0.124 e. The van der Waals surface area contributed by atoms with E-state index in [1.54, 1.807) is 7.11 Å². The van der Waals surface area contributed by atoms with Crippen LogP contribution in [0, 0.1) is 13.8 Å². The molecule has 0 spiro atoms. The number of hydrogen-bond acceptors (Lipinski definition) is 3. The Morgan fingerprint density at radius 3 is 2.47 bits per heavy atom. The molecule has 0 aromatic heterocycles. The van der Waals surface area contributed by atoms with Crippen molar-refractivity contribution in [2.75, 3.05) is 13.7 Å². The highest BCUT2D eigenvalue weighted by Gasteiger charge is 2.13. The van der Waals surface area contributed by atoms with E-state index in [0.29, 0.717) is 13.0 Å². The Bertz CT molecular complexity index is 337. The van der Waals surface area contributed by atoms with Gasteiger partial charge in [0.15, 0.2) is 0 Å². The second-order valence-corrected chi connectivity index (χ2v) is 3.77. The van der Waals surface area contributed by atoms with Crippen LogP contribution in [-0.4, -0.2) is 18.8 Å². The normalized spacial score (nSPS) is 12.6. The molecule has 1 rings (SSSR count). The molecule has 0 aliphatic rings. The van der Waals surface area contributed by atoms with Gasteiger partial charge in [-0.1, -0.05) is 0 Å². The summed E-state index contributed by atoms with van der Waals surface area (Å²) in [5.41, 5.74) is 8.57. The number of aliphatic hydroxyl groups excluding tert-OH is 1. The first kappa shape index (κ1) is 12.0. The van der Waals surface area contributed by atoms with Crippen LogP contribution in [0.4, 0.5) is 0 Å². The standard InChI is InChI=1S/C12H19NO2/c1-8-6-10(11(14)4-5-13)12(15-3)7-9(8)2/h6-7,11,14H,4-5,13H2,1-3H3/t11-/m1/s1. The zero-order valence-electron chi connectivity index (χ0n) is 9.58. The number of aryl methyl sites for hydroxylation is 2. The Balaban J connectivity index is 3.09. The van der Waals surface area contributed by atoms with Gasteiger partial charge in [0.1, 0.15) is 5.75 Å². The lowest BCUT2D eigenvalue weighted by atomic mass is 9.99. The van der Waals surface area contributed by atoms with Gasteiger partial charge < -0.3 is 15.6 Å². The third-order valence-electron chi connectivity index (χ3n) is 2.65. The van der Waals surface area contributed by atoms with Gasteiger partial charge in [-0.2, -0.15) is 0 Å². The van der Waals surface area contributed by atoms with Crippen molar-refractivity contribution in [3.05, 3.63) is 28.8 Å². The number of benzene rings is 1. The molecule has 0 radical (unpaired) electrons. The first-order valence-electron chi connectivity index (χ1n) is 5.13. The fourth-order valence-corrected chi connectivity index (χ4v) is 1.56. The minimum atomic E-state index is -0.538. The summed E-state index contributed by atoms with van der Waals surface area (Å²) in [5, 5.41) is 9.89. The molecule has 0 fully saturated rings. The van der Waals surface area contributed by atoms with Gasteiger partial charge in [0, 0.05) is 5.56 Å². The topological polar surface area (TPSA) is 55.5 Å². The zero-order chi connectivity index (χ0) is 11.4. The Labute approximate surface area is 90.9 Å². The first-order chi connectivity index (χ1) is 7.10. The van der Waals surface area contributed by atoms with E-state index in [-0.39, 0.29) is 0 Å². The van der Waals surface area contributed by atoms with E-state index < -0.39 is 6.10 Å². The number of ether oxygens (including phenoxy) is 1. The summed E-state index contributed by atoms with van der Waals surface area (Å²) in [6.07, 6.45) is 0.0167. The minimum absolute atomic E-state index is 0.469. The highest BCUT2D eigenvalue weighted by atomic mass is 16.5. The maximum atomic E-state index is 9.89. The van der Waals surface area contributed by atoms with Crippen LogP contribution in [0.15, 0.2) is 12.1 Å². The van der Waals surface area contributed by atoms with Crippen molar-refractivity contribution in [3.63, 3.8) is 0 Å². The van der Waals surface area contributed by atoms with Crippen molar-refractivity contribution in [1.29, 1.82) is 0 Å². The maximum Gasteiger partial charge on any atom is 0.124 e. The lowest BCUT2D eigenvalue weighted by Crippen LogP contribution is -2.08. The number of methoxy groups -OCH3 is 1. The molecule has 3 nitrogen and oxygen atoms in total. The number of nitrogens with two attached hydrogens (primary N) is 1. The molecule has 1 aromatic rings. The first-order valence-corrected chi connectivity index (χ1v) is 5.13. The second-order valence-electron chi connectivity index (χ2n) is 3.77. The zero-order valence-corrected chi connectivity index (χ0v) is 9.58. The number of rotatable bonds is 4. The molecule has 3 N–H and O–H groups in total. The van der Waals surface area contributed by atoms with E-state index in [1.807, 2.05) is 26.0 Å². The van der Waals surface area contributed by atoms with E-state index in [4.69, 9.17) is 10.5 Å². The van der Waals surface area contributed by atoms with Crippen molar-refractivity contribution < 1.29 is 9.84 Å². The van der Waals surface area contributed by atoms with Gasteiger partial charge in [-0.3, -0.25) is 0 Å². The van der Waals surface area contributed by atoms with E-state index in [2.05, 4.69) is 0 Å². The van der Waals surface area contributed by atoms with Crippen LogP contribution in [0.2, 0.25) is 0 Å². The van der Waals surface area contributed by atoms with Crippen LogP contribution in [-0.2, 0) is 0 Å². The molecule has 0 aliphatic carbocycles. The maximum absolute atomic E-state index is 9.89. The van der Waals surface area contributed by atoms with Crippen molar-refractivity contribution in [2.45, 2.75) is 26.4 Å². The van der Waals surface area contributed by atoms with Gasteiger partial charge in [-0.05, 0) is 50.1 Å². The highest BCUT2D eigenvalue weighted by Crippen LogP contribution is 2.29. The van der Waals surface area contributed by atoms with Gasteiger partial charge >= 0.3 is 0 Å². The summed E-state index contributed by atoms with van der Waals surface area (Å²) in [6.45, 7) is 4.52. The van der Waals surface area contributed by atoms with Crippen LogP contribution in [0.5, 0.6) is 5.75 Å². The molecule has 15 heavy (non-hydrogen) atoms. The predicted molar refractivity (Wildman–Crippen MR) is 61.1 cm³/mol. The van der Waals surface area contributed by atoms with Crippen LogP contribution in [0.3, 0.4) is 0 Å². The average molecular weight is 209 g/mol.